The van der Waals surface area contributed by atoms with E-state index in [1.807, 2.05) is 6.92 Å². The van der Waals surface area contributed by atoms with E-state index >= 15 is 0 Å². The number of amides is 1. The van der Waals surface area contributed by atoms with Crippen molar-refractivity contribution in [3.63, 3.8) is 0 Å². The molecule has 24 heavy (non-hydrogen) atoms. The lowest BCUT2D eigenvalue weighted by molar-refractivity contribution is -0.122. The second kappa shape index (κ2) is 7.11. The van der Waals surface area contributed by atoms with Gasteiger partial charge in [0.15, 0.2) is 0 Å². The van der Waals surface area contributed by atoms with E-state index in [4.69, 9.17) is 4.74 Å². The number of nitrogens with one attached hydrogen (secondary N) is 2. The molecule has 0 radical (unpaired) electrons. The van der Waals surface area contributed by atoms with Gasteiger partial charge >= 0.3 is 0 Å². The molecule has 2 N–H and O–H groups in total. The van der Waals surface area contributed by atoms with E-state index in [1.165, 1.54) is 31.4 Å². The zero-order valence-electron chi connectivity index (χ0n) is 13.8. The van der Waals surface area contributed by atoms with Crippen molar-refractivity contribution < 1.29 is 17.9 Å². The van der Waals surface area contributed by atoms with Crippen molar-refractivity contribution in [1.82, 2.24) is 10.3 Å². The molecule has 0 spiro atoms. The predicted molar refractivity (Wildman–Crippen MR) is 89.6 cm³/mol. The van der Waals surface area contributed by atoms with Crippen LogP contribution in [0.2, 0.25) is 0 Å². The molecule has 2 bridgehead atoms. The number of hydrogen-bond acceptors (Lipinski definition) is 4. The van der Waals surface area contributed by atoms with Gasteiger partial charge in [0, 0.05) is 6.42 Å². The molecule has 6 nitrogen and oxygen atoms in total. The molecule has 2 saturated carbocycles. The van der Waals surface area contributed by atoms with Gasteiger partial charge in [-0.25, -0.2) is 8.42 Å². The Morgan fingerprint density at radius 1 is 1.21 bits per heavy atom. The Morgan fingerprint density at radius 2 is 1.96 bits per heavy atom. The maximum absolute atomic E-state index is 12.2. The quantitative estimate of drug-likeness (QED) is 0.737. The average molecular weight is 352 g/mol. The van der Waals surface area contributed by atoms with Crippen molar-refractivity contribution in [3.8, 4) is 5.75 Å². The number of carbonyl (C=O) groups is 1. The number of hydrazine groups is 1. The van der Waals surface area contributed by atoms with Gasteiger partial charge in [0.1, 0.15) is 5.75 Å². The number of fused-ring (bicyclic) bond motifs is 2. The second-order valence-corrected chi connectivity index (χ2v) is 8.38. The summed E-state index contributed by atoms with van der Waals surface area (Å²) in [6.45, 7) is 2.38. The molecule has 3 atom stereocenters. The van der Waals surface area contributed by atoms with Crippen molar-refractivity contribution in [3.05, 3.63) is 24.3 Å². The van der Waals surface area contributed by atoms with Crippen LogP contribution in [0.15, 0.2) is 29.2 Å². The van der Waals surface area contributed by atoms with Crippen molar-refractivity contribution in [2.24, 2.45) is 17.8 Å². The molecular formula is C17H24N2O4S. The number of rotatable bonds is 7. The zero-order valence-corrected chi connectivity index (χ0v) is 14.6. The third-order valence-corrected chi connectivity index (χ3v) is 6.37. The van der Waals surface area contributed by atoms with Crippen LogP contribution in [0.5, 0.6) is 5.75 Å². The molecule has 2 aliphatic rings. The smallest absolute Gasteiger partial charge is 0.257 e. The van der Waals surface area contributed by atoms with E-state index in [9.17, 15) is 13.2 Å². The first kappa shape index (κ1) is 17.2. The van der Waals surface area contributed by atoms with Gasteiger partial charge in [0.2, 0.25) is 5.91 Å². The number of carbonyl (C=O) groups excluding carboxylic acids is 1. The highest BCUT2D eigenvalue weighted by Crippen LogP contribution is 2.49. The number of hydrogen-bond donors (Lipinski definition) is 2. The summed E-state index contributed by atoms with van der Waals surface area (Å²) in [6, 6.07) is 6.09. The van der Waals surface area contributed by atoms with Crippen LogP contribution in [-0.2, 0) is 14.8 Å². The number of ether oxygens (including phenoxy) is 1. The molecule has 0 unspecified atom stereocenters. The van der Waals surface area contributed by atoms with Crippen LogP contribution in [0.1, 0.15) is 39.0 Å². The molecule has 0 saturated heterocycles. The zero-order chi connectivity index (χ0) is 17.2. The van der Waals surface area contributed by atoms with Crippen molar-refractivity contribution in [2.75, 3.05) is 6.61 Å². The number of benzene rings is 1. The molecule has 1 aromatic carbocycles. The van der Waals surface area contributed by atoms with E-state index in [2.05, 4.69) is 10.3 Å². The summed E-state index contributed by atoms with van der Waals surface area (Å²) in [4.78, 5) is 14.3. The SMILES string of the molecule is CCOc1ccc(S(=O)(=O)NNC(=O)C[C@H]2C[C@@H]3CC[C@@H]2C3)cc1. The van der Waals surface area contributed by atoms with Gasteiger partial charge in [-0.2, -0.15) is 0 Å². The summed E-state index contributed by atoms with van der Waals surface area (Å²) in [5.41, 5.74) is 2.34. The fourth-order valence-electron chi connectivity index (χ4n) is 3.98. The number of sulfonamides is 1. The minimum absolute atomic E-state index is 0.0891. The molecule has 0 aromatic heterocycles. The summed E-state index contributed by atoms with van der Waals surface area (Å²) in [7, 11) is -3.77. The lowest BCUT2D eigenvalue weighted by Crippen LogP contribution is -2.42. The van der Waals surface area contributed by atoms with Crippen molar-refractivity contribution in [1.29, 1.82) is 0 Å². The Balaban J connectivity index is 1.51. The van der Waals surface area contributed by atoms with Crippen LogP contribution in [0.4, 0.5) is 0 Å². The lowest BCUT2D eigenvalue weighted by atomic mass is 9.86. The maximum atomic E-state index is 12.2. The molecule has 7 heteroatoms. The molecule has 1 amide bonds. The summed E-state index contributed by atoms with van der Waals surface area (Å²) < 4.78 is 29.7. The van der Waals surface area contributed by atoms with Gasteiger partial charge in [-0.3, -0.25) is 10.2 Å². The Kier molecular flexibility index (Phi) is 5.10. The molecule has 1 aromatic rings. The first-order valence-electron chi connectivity index (χ1n) is 8.51. The summed E-state index contributed by atoms with van der Waals surface area (Å²) in [5, 5.41) is 0. The Labute approximate surface area is 143 Å². The fourth-order valence-corrected chi connectivity index (χ4v) is 4.84. The molecule has 2 aliphatic carbocycles. The minimum atomic E-state index is -3.77. The molecular weight excluding hydrogens is 328 g/mol. The van der Waals surface area contributed by atoms with Crippen LogP contribution in [0.25, 0.3) is 0 Å². The van der Waals surface area contributed by atoms with Gasteiger partial charge < -0.3 is 4.74 Å². The summed E-state index contributed by atoms with van der Waals surface area (Å²) >= 11 is 0. The van der Waals surface area contributed by atoms with E-state index in [0.29, 0.717) is 30.6 Å². The maximum Gasteiger partial charge on any atom is 0.257 e. The normalized spacial score (nSPS) is 25.6. The highest BCUT2D eigenvalue weighted by atomic mass is 32.2. The van der Waals surface area contributed by atoms with Gasteiger partial charge in [0.05, 0.1) is 11.5 Å². The fraction of sp³-hybridized carbons (Fsp3) is 0.588. The van der Waals surface area contributed by atoms with Crippen molar-refractivity contribution >= 4 is 15.9 Å². The van der Waals surface area contributed by atoms with Crippen LogP contribution < -0.4 is 15.0 Å². The van der Waals surface area contributed by atoms with Crippen molar-refractivity contribution in [2.45, 2.75) is 43.9 Å². The van der Waals surface area contributed by atoms with Gasteiger partial charge in [0.25, 0.3) is 10.0 Å². The summed E-state index contributed by atoms with van der Waals surface area (Å²) in [6.07, 6.45) is 5.22. The topological polar surface area (TPSA) is 84.5 Å². The monoisotopic (exact) mass is 352 g/mol. The summed E-state index contributed by atoms with van der Waals surface area (Å²) in [5.74, 6) is 2.16. The second-order valence-electron chi connectivity index (χ2n) is 6.70. The van der Waals surface area contributed by atoms with Crippen LogP contribution >= 0.6 is 0 Å². The van der Waals surface area contributed by atoms with E-state index in [-0.39, 0.29) is 10.8 Å². The van der Waals surface area contributed by atoms with Crippen LogP contribution in [0.3, 0.4) is 0 Å². The molecule has 2 fully saturated rings. The molecule has 0 heterocycles. The standard InChI is InChI=1S/C17H24N2O4S/c1-2-23-15-5-7-16(8-6-15)24(21,22)19-18-17(20)11-14-10-12-3-4-13(14)9-12/h5-8,12-14,19H,2-4,9-11H2,1H3,(H,18,20)/t12-,13-,14-/m1/s1. The molecule has 0 aliphatic heterocycles. The minimum Gasteiger partial charge on any atom is -0.494 e. The highest BCUT2D eigenvalue weighted by Gasteiger charge is 2.40. The lowest BCUT2D eigenvalue weighted by Gasteiger charge is -2.20. The third kappa shape index (κ3) is 3.89. The highest BCUT2D eigenvalue weighted by molar-refractivity contribution is 7.89. The van der Waals surface area contributed by atoms with Gasteiger partial charge in [-0.1, -0.05) is 6.42 Å². The Hall–Kier alpha value is -1.60. The first-order valence-corrected chi connectivity index (χ1v) is 9.99. The Bertz CT molecular complexity index is 687. The van der Waals surface area contributed by atoms with Gasteiger partial charge in [-0.15, -0.1) is 4.83 Å². The molecule has 3 rings (SSSR count). The van der Waals surface area contributed by atoms with E-state index in [1.54, 1.807) is 12.1 Å². The van der Waals surface area contributed by atoms with Crippen LogP contribution in [0, 0.1) is 17.8 Å². The average Bonchev–Trinajstić information content (AvgIpc) is 3.17. The van der Waals surface area contributed by atoms with Gasteiger partial charge in [-0.05, 0) is 68.2 Å². The predicted octanol–water partition coefficient (Wildman–Crippen LogP) is 2.22. The van der Waals surface area contributed by atoms with E-state index < -0.39 is 10.0 Å². The Morgan fingerprint density at radius 3 is 2.54 bits per heavy atom. The first-order chi connectivity index (χ1) is 11.5. The van der Waals surface area contributed by atoms with Crippen LogP contribution in [-0.4, -0.2) is 20.9 Å². The largest absolute Gasteiger partial charge is 0.494 e. The van der Waals surface area contributed by atoms with E-state index in [0.717, 1.165) is 12.3 Å². The molecule has 132 valence electrons. The third-order valence-electron chi connectivity index (χ3n) is 5.10.